The number of carbonyl (C=O) groups excluding carboxylic acids is 1. The number of amides is 2. The number of urea groups is 1. The fourth-order valence-corrected chi connectivity index (χ4v) is 2.70. The van der Waals surface area contributed by atoms with Crippen LogP contribution in [0.25, 0.3) is 0 Å². The molecule has 0 bridgehead atoms. The van der Waals surface area contributed by atoms with Crippen molar-refractivity contribution in [1.29, 1.82) is 0 Å². The summed E-state index contributed by atoms with van der Waals surface area (Å²) in [6.45, 7) is 7.08. The molecule has 0 aromatic heterocycles. The fourth-order valence-electron chi connectivity index (χ4n) is 2.53. The van der Waals surface area contributed by atoms with Gasteiger partial charge in [-0.15, -0.1) is 0 Å². The maximum absolute atomic E-state index is 12.3. The van der Waals surface area contributed by atoms with Gasteiger partial charge in [-0.1, -0.05) is 17.7 Å². The summed E-state index contributed by atoms with van der Waals surface area (Å²) in [5, 5.41) is 3.58. The van der Waals surface area contributed by atoms with Gasteiger partial charge in [0.1, 0.15) is 0 Å². The minimum Gasteiger partial charge on any atom is -0.385 e. The minimum atomic E-state index is -0.0538. The summed E-state index contributed by atoms with van der Waals surface area (Å²) >= 11 is 5.98. The third-order valence-electron chi connectivity index (χ3n) is 3.92. The molecule has 122 valence electrons. The number of nitrogens with zero attached hydrogens (tertiary/aromatic N) is 2. The van der Waals surface area contributed by atoms with Crippen molar-refractivity contribution in [3.8, 4) is 0 Å². The molecule has 5 nitrogen and oxygen atoms in total. The molecule has 1 heterocycles. The van der Waals surface area contributed by atoms with Crippen molar-refractivity contribution in [3.05, 3.63) is 28.8 Å². The van der Waals surface area contributed by atoms with E-state index in [0.717, 1.165) is 57.0 Å². The van der Waals surface area contributed by atoms with Crippen molar-refractivity contribution in [2.24, 2.45) is 0 Å². The van der Waals surface area contributed by atoms with Gasteiger partial charge in [0, 0.05) is 57.2 Å². The fraction of sp³-hybridized carbons (Fsp3) is 0.562. The van der Waals surface area contributed by atoms with E-state index >= 15 is 0 Å². The molecule has 0 radical (unpaired) electrons. The second-order valence-corrected chi connectivity index (χ2v) is 6.00. The summed E-state index contributed by atoms with van der Waals surface area (Å²) in [5.74, 6) is 0. The standard InChI is InChI=1S/C16H24ClN3O2/c1-13-4-5-14(17)12-15(13)18-16(21)20-9-7-19(8-10-20)6-3-11-22-2/h4-5,12H,3,6-11H2,1-2H3,(H,18,21). The van der Waals surface area contributed by atoms with Crippen molar-refractivity contribution >= 4 is 23.3 Å². The first-order chi connectivity index (χ1) is 10.6. The molecule has 1 aliphatic heterocycles. The quantitative estimate of drug-likeness (QED) is 0.847. The number of hydrogen-bond donors (Lipinski definition) is 1. The van der Waals surface area contributed by atoms with Gasteiger partial charge in [0.05, 0.1) is 0 Å². The van der Waals surface area contributed by atoms with Gasteiger partial charge in [-0.3, -0.25) is 4.90 Å². The van der Waals surface area contributed by atoms with Gasteiger partial charge in [-0.05, 0) is 31.0 Å². The minimum absolute atomic E-state index is 0.0538. The molecule has 0 saturated carbocycles. The summed E-state index contributed by atoms with van der Waals surface area (Å²) in [7, 11) is 1.72. The normalized spacial score (nSPS) is 15.9. The highest BCUT2D eigenvalue weighted by atomic mass is 35.5. The SMILES string of the molecule is COCCCN1CCN(C(=O)Nc2cc(Cl)ccc2C)CC1. The van der Waals surface area contributed by atoms with Crippen LogP contribution in [0.2, 0.25) is 5.02 Å². The predicted molar refractivity (Wildman–Crippen MR) is 89.7 cm³/mol. The van der Waals surface area contributed by atoms with Gasteiger partial charge >= 0.3 is 6.03 Å². The smallest absolute Gasteiger partial charge is 0.321 e. The molecule has 1 N–H and O–H groups in total. The molecule has 22 heavy (non-hydrogen) atoms. The van der Waals surface area contributed by atoms with Crippen LogP contribution in [0, 0.1) is 6.92 Å². The molecule has 0 atom stereocenters. The summed E-state index contributed by atoms with van der Waals surface area (Å²) in [6, 6.07) is 5.47. The first-order valence-electron chi connectivity index (χ1n) is 7.63. The molecule has 1 fully saturated rings. The van der Waals surface area contributed by atoms with Gasteiger partial charge in [0.25, 0.3) is 0 Å². The Labute approximate surface area is 137 Å². The van der Waals surface area contributed by atoms with E-state index in [0.29, 0.717) is 5.02 Å². The van der Waals surface area contributed by atoms with E-state index < -0.39 is 0 Å². The average Bonchev–Trinajstić information content (AvgIpc) is 2.52. The Balaban J connectivity index is 1.81. The molecular weight excluding hydrogens is 302 g/mol. The molecule has 1 aromatic rings. The highest BCUT2D eigenvalue weighted by Crippen LogP contribution is 2.20. The van der Waals surface area contributed by atoms with E-state index in [-0.39, 0.29) is 6.03 Å². The molecular formula is C16H24ClN3O2. The Bertz CT molecular complexity index is 502. The van der Waals surface area contributed by atoms with Crippen LogP contribution in [0.1, 0.15) is 12.0 Å². The molecule has 1 saturated heterocycles. The lowest BCUT2D eigenvalue weighted by molar-refractivity contribution is 0.130. The third kappa shape index (κ3) is 4.87. The zero-order valence-electron chi connectivity index (χ0n) is 13.3. The number of anilines is 1. The number of nitrogens with one attached hydrogen (secondary N) is 1. The van der Waals surface area contributed by atoms with Crippen molar-refractivity contribution in [3.63, 3.8) is 0 Å². The number of ether oxygens (including phenoxy) is 1. The van der Waals surface area contributed by atoms with Gasteiger partial charge in [0.2, 0.25) is 0 Å². The summed E-state index contributed by atoms with van der Waals surface area (Å²) in [5.41, 5.74) is 1.79. The molecule has 2 amide bonds. The first kappa shape index (κ1) is 17.1. The second kappa shape index (κ2) is 8.36. The first-order valence-corrected chi connectivity index (χ1v) is 8.01. The Kier molecular flexibility index (Phi) is 6.49. The number of piperazine rings is 1. The van der Waals surface area contributed by atoms with Crippen LogP contribution in [0.4, 0.5) is 10.5 Å². The lowest BCUT2D eigenvalue weighted by Crippen LogP contribution is -2.50. The van der Waals surface area contributed by atoms with Crippen LogP contribution < -0.4 is 5.32 Å². The van der Waals surface area contributed by atoms with Crippen molar-refractivity contribution < 1.29 is 9.53 Å². The van der Waals surface area contributed by atoms with E-state index in [4.69, 9.17) is 16.3 Å². The van der Waals surface area contributed by atoms with Gasteiger partial charge in [-0.25, -0.2) is 4.79 Å². The molecule has 0 spiro atoms. The maximum Gasteiger partial charge on any atom is 0.321 e. The number of halogens is 1. The molecule has 1 aliphatic rings. The maximum atomic E-state index is 12.3. The van der Waals surface area contributed by atoms with E-state index in [9.17, 15) is 4.79 Å². The largest absolute Gasteiger partial charge is 0.385 e. The van der Waals surface area contributed by atoms with Gasteiger partial charge < -0.3 is 15.0 Å². The van der Waals surface area contributed by atoms with Gasteiger partial charge in [-0.2, -0.15) is 0 Å². The van der Waals surface area contributed by atoms with Crippen LogP contribution in [-0.4, -0.2) is 62.3 Å². The topological polar surface area (TPSA) is 44.8 Å². The molecule has 1 aromatic carbocycles. The van der Waals surface area contributed by atoms with E-state index in [1.165, 1.54) is 0 Å². The predicted octanol–water partition coefficient (Wildman–Crippen LogP) is 2.83. The van der Waals surface area contributed by atoms with Crippen LogP contribution in [-0.2, 0) is 4.74 Å². The molecule has 0 aliphatic carbocycles. The number of benzene rings is 1. The van der Waals surface area contributed by atoms with Crippen LogP contribution in [0.5, 0.6) is 0 Å². The van der Waals surface area contributed by atoms with Crippen LogP contribution in [0.15, 0.2) is 18.2 Å². The van der Waals surface area contributed by atoms with Crippen molar-refractivity contribution in [2.45, 2.75) is 13.3 Å². The number of hydrogen-bond acceptors (Lipinski definition) is 3. The number of methoxy groups -OCH3 is 1. The lowest BCUT2D eigenvalue weighted by Gasteiger charge is -2.34. The van der Waals surface area contributed by atoms with E-state index in [1.54, 1.807) is 13.2 Å². The Morgan fingerprint density at radius 3 is 2.73 bits per heavy atom. The number of rotatable bonds is 5. The van der Waals surface area contributed by atoms with Crippen molar-refractivity contribution in [2.75, 3.05) is 51.8 Å². The highest BCUT2D eigenvalue weighted by Gasteiger charge is 2.21. The van der Waals surface area contributed by atoms with Gasteiger partial charge in [0.15, 0.2) is 0 Å². The van der Waals surface area contributed by atoms with E-state index in [1.807, 2.05) is 24.0 Å². The molecule has 2 rings (SSSR count). The zero-order chi connectivity index (χ0) is 15.9. The Morgan fingerprint density at radius 2 is 2.05 bits per heavy atom. The molecule has 0 unspecified atom stereocenters. The number of aryl methyl sites for hydroxylation is 1. The monoisotopic (exact) mass is 325 g/mol. The molecule has 6 heteroatoms. The summed E-state index contributed by atoms with van der Waals surface area (Å²) < 4.78 is 5.07. The summed E-state index contributed by atoms with van der Waals surface area (Å²) in [4.78, 5) is 16.6. The highest BCUT2D eigenvalue weighted by molar-refractivity contribution is 6.31. The third-order valence-corrected chi connectivity index (χ3v) is 4.16. The lowest BCUT2D eigenvalue weighted by atomic mass is 10.2. The second-order valence-electron chi connectivity index (χ2n) is 5.56. The number of carbonyl (C=O) groups is 1. The Hall–Kier alpha value is -1.30. The average molecular weight is 326 g/mol. The van der Waals surface area contributed by atoms with E-state index in [2.05, 4.69) is 10.2 Å². The van der Waals surface area contributed by atoms with Crippen molar-refractivity contribution in [1.82, 2.24) is 9.80 Å². The van der Waals surface area contributed by atoms with Crippen LogP contribution >= 0.6 is 11.6 Å². The summed E-state index contributed by atoms with van der Waals surface area (Å²) in [6.07, 6.45) is 1.03. The Morgan fingerprint density at radius 1 is 1.32 bits per heavy atom. The zero-order valence-corrected chi connectivity index (χ0v) is 14.0. The van der Waals surface area contributed by atoms with Crippen LogP contribution in [0.3, 0.4) is 0 Å².